The number of nitrogens with one attached hydrogen (secondary N) is 2. The van der Waals surface area contributed by atoms with Gasteiger partial charge in [-0.1, -0.05) is 12.1 Å². The summed E-state index contributed by atoms with van der Waals surface area (Å²) in [6.07, 6.45) is 2.75. The summed E-state index contributed by atoms with van der Waals surface area (Å²) >= 11 is 0. The molecule has 0 unspecified atom stereocenters. The third-order valence-electron chi connectivity index (χ3n) is 1.66. The van der Waals surface area contributed by atoms with Gasteiger partial charge in [-0.2, -0.15) is 0 Å². The van der Waals surface area contributed by atoms with E-state index in [1.54, 1.807) is 0 Å². The second-order valence-electron chi connectivity index (χ2n) is 3.06. The quantitative estimate of drug-likeness (QED) is 0.579. The van der Waals surface area contributed by atoms with Gasteiger partial charge in [0.2, 0.25) is 5.91 Å². The molecule has 0 spiro atoms. The zero-order valence-corrected chi connectivity index (χ0v) is 8.66. The summed E-state index contributed by atoms with van der Waals surface area (Å²) in [4.78, 5) is 21.6. The van der Waals surface area contributed by atoms with Crippen LogP contribution in [0.2, 0.25) is 0 Å². The summed E-state index contributed by atoms with van der Waals surface area (Å²) in [6.45, 7) is 1.28. The summed E-state index contributed by atoms with van der Waals surface area (Å²) < 4.78 is 12.5. The highest BCUT2D eigenvalue weighted by Crippen LogP contribution is 2.04. The Hall–Kier alpha value is -2.17. The lowest BCUT2D eigenvalue weighted by Crippen LogP contribution is -2.39. The lowest BCUT2D eigenvalue weighted by Gasteiger charge is -2.00. The molecule has 84 valence electrons. The number of carbonyl (C=O) groups is 2. The van der Waals surface area contributed by atoms with Crippen molar-refractivity contribution in [1.82, 2.24) is 10.9 Å². The van der Waals surface area contributed by atoms with Crippen molar-refractivity contribution in [1.29, 1.82) is 0 Å². The molecule has 0 radical (unpaired) electrons. The van der Waals surface area contributed by atoms with Crippen LogP contribution < -0.4 is 10.9 Å². The van der Waals surface area contributed by atoms with Crippen molar-refractivity contribution in [3.8, 4) is 0 Å². The highest BCUT2D eigenvalue weighted by atomic mass is 19.1. The van der Waals surface area contributed by atoms with Gasteiger partial charge >= 0.3 is 0 Å². The minimum atomic E-state index is -0.459. The third kappa shape index (κ3) is 4.36. The normalized spacial score (nSPS) is 10.1. The van der Waals surface area contributed by atoms with Crippen molar-refractivity contribution in [2.75, 3.05) is 0 Å². The van der Waals surface area contributed by atoms with E-state index >= 15 is 0 Å². The maximum atomic E-state index is 12.5. The number of halogens is 1. The summed E-state index contributed by atoms with van der Waals surface area (Å²) in [6, 6.07) is 5.67. The number of hydrogen-bond acceptors (Lipinski definition) is 2. The standard InChI is InChI=1S/C11H11FN2O2/c1-8(15)13-14-11(16)7-4-9-2-5-10(12)6-3-9/h2-7H,1H3,(H,13,15)(H,14,16). The van der Waals surface area contributed by atoms with Gasteiger partial charge in [-0.15, -0.1) is 0 Å². The Morgan fingerprint density at radius 1 is 1.19 bits per heavy atom. The molecule has 0 saturated heterocycles. The van der Waals surface area contributed by atoms with Gasteiger partial charge in [0, 0.05) is 13.0 Å². The van der Waals surface area contributed by atoms with Crippen LogP contribution in [0.25, 0.3) is 6.08 Å². The van der Waals surface area contributed by atoms with Crippen molar-refractivity contribution in [3.63, 3.8) is 0 Å². The summed E-state index contributed by atoms with van der Waals surface area (Å²) in [7, 11) is 0. The Bertz CT molecular complexity index is 412. The molecule has 1 aromatic rings. The first-order valence-electron chi connectivity index (χ1n) is 4.58. The van der Waals surface area contributed by atoms with E-state index in [2.05, 4.69) is 10.9 Å². The lowest BCUT2D eigenvalue weighted by atomic mass is 10.2. The molecule has 0 aliphatic heterocycles. The van der Waals surface area contributed by atoms with Crippen molar-refractivity contribution >= 4 is 17.9 Å². The number of amides is 2. The topological polar surface area (TPSA) is 58.2 Å². The molecule has 0 atom stereocenters. The van der Waals surface area contributed by atoms with Gasteiger partial charge in [0.1, 0.15) is 5.82 Å². The molecule has 0 fully saturated rings. The summed E-state index contributed by atoms with van der Waals surface area (Å²) in [5.41, 5.74) is 5.00. The Kier molecular flexibility index (Phi) is 4.20. The highest BCUT2D eigenvalue weighted by Gasteiger charge is 1.95. The molecule has 1 rings (SSSR count). The fourth-order valence-electron chi connectivity index (χ4n) is 0.937. The van der Waals surface area contributed by atoms with Gasteiger partial charge in [-0.25, -0.2) is 4.39 Å². The number of hydrogen-bond donors (Lipinski definition) is 2. The maximum Gasteiger partial charge on any atom is 0.262 e. The van der Waals surface area contributed by atoms with Crippen LogP contribution in [-0.2, 0) is 9.59 Å². The molecular formula is C11H11FN2O2. The van der Waals surface area contributed by atoms with Crippen LogP contribution >= 0.6 is 0 Å². The van der Waals surface area contributed by atoms with E-state index in [1.165, 1.54) is 43.3 Å². The van der Waals surface area contributed by atoms with Crippen molar-refractivity contribution < 1.29 is 14.0 Å². The van der Waals surface area contributed by atoms with Crippen molar-refractivity contribution in [2.45, 2.75) is 6.92 Å². The van der Waals surface area contributed by atoms with E-state index in [-0.39, 0.29) is 11.7 Å². The van der Waals surface area contributed by atoms with Gasteiger partial charge in [-0.05, 0) is 23.8 Å². The molecule has 2 N–H and O–H groups in total. The van der Waals surface area contributed by atoms with Crippen LogP contribution in [0.4, 0.5) is 4.39 Å². The van der Waals surface area contributed by atoms with Gasteiger partial charge in [0.15, 0.2) is 0 Å². The number of benzene rings is 1. The first-order chi connectivity index (χ1) is 7.58. The van der Waals surface area contributed by atoms with Crippen LogP contribution in [0, 0.1) is 5.82 Å². The van der Waals surface area contributed by atoms with Crippen molar-refractivity contribution in [3.05, 3.63) is 41.7 Å². The molecule has 0 bridgehead atoms. The molecule has 0 saturated carbocycles. The molecule has 0 aliphatic carbocycles. The number of rotatable bonds is 2. The van der Waals surface area contributed by atoms with Crippen LogP contribution in [-0.4, -0.2) is 11.8 Å². The second-order valence-corrected chi connectivity index (χ2v) is 3.06. The van der Waals surface area contributed by atoms with E-state index in [0.717, 1.165) is 0 Å². The average molecular weight is 222 g/mol. The van der Waals surface area contributed by atoms with Crippen LogP contribution in [0.3, 0.4) is 0 Å². The average Bonchev–Trinajstić information content (AvgIpc) is 2.25. The van der Waals surface area contributed by atoms with E-state index in [1.807, 2.05) is 0 Å². The second kappa shape index (κ2) is 5.65. The summed E-state index contributed by atoms with van der Waals surface area (Å²) in [5, 5.41) is 0. The minimum Gasteiger partial charge on any atom is -0.274 e. The van der Waals surface area contributed by atoms with E-state index in [4.69, 9.17) is 0 Å². The predicted molar refractivity (Wildman–Crippen MR) is 57.4 cm³/mol. The predicted octanol–water partition coefficient (Wildman–Crippen LogP) is 1.01. The number of hydrazine groups is 1. The van der Waals surface area contributed by atoms with E-state index in [9.17, 15) is 14.0 Å². The zero-order chi connectivity index (χ0) is 12.0. The van der Waals surface area contributed by atoms with E-state index in [0.29, 0.717) is 5.56 Å². The molecule has 1 aromatic carbocycles. The molecule has 4 nitrogen and oxygen atoms in total. The van der Waals surface area contributed by atoms with E-state index < -0.39 is 5.91 Å². The molecule has 0 aliphatic rings. The fraction of sp³-hybridized carbons (Fsp3) is 0.0909. The minimum absolute atomic E-state index is 0.333. The SMILES string of the molecule is CC(=O)NNC(=O)C=Cc1ccc(F)cc1. The van der Waals surface area contributed by atoms with Gasteiger partial charge in [0.25, 0.3) is 5.91 Å². The van der Waals surface area contributed by atoms with Gasteiger partial charge < -0.3 is 0 Å². The first kappa shape index (κ1) is 11.9. The van der Waals surface area contributed by atoms with Crippen LogP contribution in [0.5, 0.6) is 0 Å². The maximum absolute atomic E-state index is 12.5. The Labute approximate surface area is 92.1 Å². The smallest absolute Gasteiger partial charge is 0.262 e. The first-order valence-corrected chi connectivity index (χ1v) is 4.58. The lowest BCUT2D eigenvalue weighted by molar-refractivity contribution is -0.125. The fourth-order valence-corrected chi connectivity index (χ4v) is 0.937. The molecule has 0 heterocycles. The number of carbonyl (C=O) groups excluding carboxylic acids is 2. The van der Waals surface area contributed by atoms with Crippen LogP contribution in [0.15, 0.2) is 30.3 Å². The Balaban J connectivity index is 2.50. The molecule has 0 aromatic heterocycles. The monoisotopic (exact) mass is 222 g/mol. The highest BCUT2D eigenvalue weighted by molar-refractivity contribution is 5.92. The molecular weight excluding hydrogens is 211 g/mol. The van der Waals surface area contributed by atoms with Gasteiger partial charge in [-0.3, -0.25) is 20.4 Å². The van der Waals surface area contributed by atoms with Gasteiger partial charge in [0.05, 0.1) is 0 Å². The molecule has 2 amide bonds. The summed E-state index contributed by atoms with van der Waals surface area (Å²) in [5.74, 6) is -1.15. The zero-order valence-electron chi connectivity index (χ0n) is 8.66. The Morgan fingerprint density at radius 3 is 2.38 bits per heavy atom. The third-order valence-corrected chi connectivity index (χ3v) is 1.66. The molecule has 5 heteroatoms. The molecule has 16 heavy (non-hydrogen) atoms. The van der Waals surface area contributed by atoms with Crippen molar-refractivity contribution in [2.24, 2.45) is 0 Å². The largest absolute Gasteiger partial charge is 0.274 e. The Morgan fingerprint density at radius 2 is 1.81 bits per heavy atom. The van der Waals surface area contributed by atoms with Crippen LogP contribution in [0.1, 0.15) is 12.5 Å².